The summed E-state index contributed by atoms with van der Waals surface area (Å²) in [6.07, 6.45) is 0.895. The average Bonchev–Trinajstić information content (AvgIpc) is 2.37. The van der Waals surface area contributed by atoms with Gasteiger partial charge in [-0.2, -0.15) is 0 Å². The number of phenolic OH excluding ortho intramolecular Hbond substituents is 1. The Balaban J connectivity index is 2.43. The maximum atomic E-state index is 13.8. The van der Waals surface area contributed by atoms with Gasteiger partial charge < -0.3 is 9.84 Å². The maximum Gasteiger partial charge on any atom is 0.134 e. The summed E-state index contributed by atoms with van der Waals surface area (Å²) < 4.78 is 19.4. The van der Waals surface area contributed by atoms with Crippen LogP contribution in [0.2, 0.25) is 0 Å². The quantitative estimate of drug-likeness (QED) is 0.884. The summed E-state index contributed by atoms with van der Waals surface area (Å²) in [6, 6.07) is 11.4. The molecule has 0 atom stereocenters. The van der Waals surface area contributed by atoms with E-state index in [1.807, 2.05) is 25.1 Å². The van der Waals surface area contributed by atoms with Gasteiger partial charge in [0.1, 0.15) is 17.3 Å². The second kappa shape index (κ2) is 5.54. The van der Waals surface area contributed by atoms with E-state index in [2.05, 4.69) is 0 Å². The fourth-order valence-corrected chi connectivity index (χ4v) is 1.75. The second-order valence-electron chi connectivity index (χ2n) is 4.01. The van der Waals surface area contributed by atoms with Crippen LogP contribution in [-0.2, 0) is 0 Å². The third kappa shape index (κ3) is 2.62. The molecule has 0 aromatic heterocycles. The first kappa shape index (κ1) is 12.4. The molecular formula is C15H15FO2. The minimum Gasteiger partial charge on any atom is -0.508 e. The molecule has 1 N–H and O–H groups in total. The van der Waals surface area contributed by atoms with Gasteiger partial charge in [0.15, 0.2) is 0 Å². The van der Waals surface area contributed by atoms with Gasteiger partial charge in [0.2, 0.25) is 0 Å². The van der Waals surface area contributed by atoms with Crippen molar-refractivity contribution < 1.29 is 14.2 Å². The Labute approximate surface area is 106 Å². The van der Waals surface area contributed by atoms with Gasteiger partial charge in [-0.05, 0) is 24.6 Å². The third-order valence-electron chi connectivity index (χ3n) is 2.59. The predicted molar refractivity (Wildman–Crippen MR) is 69.3 cm³/mol. The van der Waals surface area contributed by atoms with Crippen LogP contribution in [0.15, 0.2) is 42.5 Å². The van der Waals surface area contributed by atoms with Gasteiger partial charge in [0.25, 0.3) is 0 Å². The molecule has 0 saturated carbocycles. The topological polar surface area (TPSA) is 29.5 Å². The summed E-state index contributed by atoms with van der Waals surface area (Å²) in [5.41, 5.74) is 1.13. The minimum absolute atomic E-state index is 0.0804. The van der Waals surface area contributed by atoms with Crippen LogP contribution in [0.25, 0.3) is 11.1 Å². The molecule has 2 aromatic carbocycles. The number of phenols is 1. The summed E-state index contributed by atoms with van der Waals surface area (Å²) in [6.45, 7) is 2.61. The second-order valence-corrected chi connectivity index (χ2v) is 4.01. The van der Waals surface area contributed by atoms with Gasteiger partial charge in [-0.15, -0.1) is 0 Å². The lowest BCUT2D eigenvalue weighted by Gasteiger charge is -2.11. The molecule has 2 aromatic rings. The van der Waals surface area contributed by atoms with Gasteiger partial charge in [0.05, 0.1) is 6.61 Å². The largest absolute Gasteiger partial charge is 0.508 e. The number of hydrogen-bond acceptors (Lipinski definition) is 2. The van der Waals surface area contributed by atoms with E-state index in [1.54, 1.807) is 12.1 Å². The van der Waals surface area contributed by atoms with E-state index in [0.717, 1.165) is 12.5 Å². The van der Waals surface area contributed by atoms with Crippen molar-refractivity contribution in [1.29, 1.82) is 0 Å². The Hall–Kier alpha value is -2.03. The van der Waals surface area contributed by atoms with E-state index < -0.39 is 5.82 Å². The maximum absolute atomic E-state index is 13.8. The SMILES string of the molecule is CCCOc1ccccc1-c1ccc(O)cc1F. The van der Waals surface area contributed by atoms with E-state index in [4.69, 9.17) is 4.74 Å². The Bertz CT molecular complexity index is 538. The Kier molecular flexibility index (Phi) is 3.82. The van der Waals surface area contributed by atoms with E-state index in [-0.39, 0.29) is 5.75 Å². The highest BCUT2D eigenvalue weighted by Gasteiger charge is 2.10. The average molecular weight is 246 g/mol. The molecule has 0 spiro atoms. The van der Waals surface area contributed by atoms with Crippen molar-refractivity contribution in [3.63, 3.8) is 0 Å². The molecule has 2 rings (SSSR count). The van der Waals surface area contributed by atoms with Crippen LogP contribution in [0, 0.1) is 5.82 Å². The van der Waals surface area contributed by atoms with Crippen molar-refractivity contribution in [2.75, 3.05) is 6.61 Å². The van der Waals surface area contributed by atoms with Crippen LogP contribution in [0.5, 0.6) is 11.5 Å². The number of para-hydroxylation sites is 1. The van der Waals surface area contributed by atoms with E-state index >= 15 is 0 Å². The monoisotopic (exact) mass is 246 g/mol. The van der Waals surface area contributed by atoms with E-state index in [9.17, 15) is 9.50 Å². The number of hydrogen-bond donors (Lipinski definition) is 1. The minimum atomic E-state index is -0.456. The molecule has 0 radical (unpaired) electrons. The Morgan fingerprint density at radius 1 is 1.11 bits per heavy atom. The lowest BCUT2D eigenvalue weighted by Crippen LogP contribution is -1.97. The molecule has 0 heterocycles. The van der Waals surface area contributed by atoms with Crippen LogP contribution in [0.1, 0.15) is 13.3 Å². The van der Waals surface area contributed by atoms with Crippen LogP contribution < -0.4 is 4.74 Å². The van der Waals surface area contributed by atoms with Crippen molar-refractivity contribution in [2.24, 2.45) is 0 Å². The molecule has 0 bridgehead atoms. The molecule has 0 aliphatic carbocycles. The normalized spacial score (nSPS) is 10.3. The predicted octanol–water partition coefficient (Wildman–Crippen LogP) is 3.99. The Morgan fingerprint density at radius 2 is 1.89 bits per heavy atom. The molecule has 94 valence electrons. The van der Waals surface area contributed by atoms with E-state index in [1.165, 1.54) is 6.07 Å². The fraction of sp³-hybridized carbons (Fsp3) is 0.200. The van der Waals surface area contributed by atoms with Gasteiger partial charge in [-0.25, -0.2) is 4.39 Å². The van der Waals surface area contributed by atoms with Gasteiger partial charge in [0, 0.05) is 17.2 Å². The van der Waals surface area contributed by atoms with Crippen molar-refractivity contribution in [3.8, 4) is 22.6 Å². The molecule has 0 aliphatic rings. The smallest absolute Gasteiger partial charge is 0.134 e. The number of halogens is 1. The van der Waals surface area contributed by atoms with Gasteiger partial charge in [-0.1, -0.05) is 25.1 Å². The molecule has 3 heteroatoms. The van der Waals surface area contributed by atoms with Crippen LogP contribution in [0.3, 0.4) is 0 Å². The van der Waals surface area contributed by atoms with Crippen molar-refractivity contribution in [1.82, 2.24) is 0 Å². The summed E-state index contributed by atoms with van der Waals surface area (Å²) in [5, 5.41) is 9.22. The number of aromatic hydroxyl groups is 1. The molecular weight excluding hydrogens is 231 g/mol. The molecule has 0 fully saturated rings. The summed E-state index contributed by atoms with van der Waals surface area (Å²) in [5.74, 6) is 0.120. The van der Waals surface area contributed by atoms with Crippen molar-refractivity contribution in [3.05, 3.63) is 48.3 Å². The van der Waals surface area contributed by atoms with Gasteiger partial charge in [-0.3, -0.25) is 0 Å². The number of ether oxygens (including phenoxy) is 1. The molecule has 0 saturated heterocycles. The fourth-order valence-electron chi connectivity index (χ4n) is 1.75. The first-order chi connectivity index (χ1) is 8.72. The highest BCUT2D eigenvalue weighted by Crippen LogP contribution is 2.33. The Morgan fingerprint density at radius 3 is 2.61 bits per heavy atom. The molecule has 18 heavy (non-hydrogen) atoms. The highest BCUT2D eigenvalue weighted by atomic mass is 19.1. The van der Waals surface area contributed by atoms with Crippen molar-refractivity contribution >= 4 is 0 Å². The summed E-state index contributed by atoms with van der Waals surface area (Å²) in [4.78, 5) is 0. The molecule has 0 unspecified atom stereocenters. The van der Waals surface area contributed by atoms with Crippen LogP contribution in [0.4, 0.5) is 4.39 Å². The van der Waals surface area contributed by atoms with Crippen molar-refractivity contribution in [2.45, 2.75) is 13.3 Å². The lowest BCUT2D eigenvalue weighted by atomic mass is 10.0. The zero-order chi connectivity index (χ0) is 13.0. The first-order valence-corrected chi connectivity index (χ1v) is 5.93. The van der Waals surface area contributed by atoms with Crippen LogP contribution >= 0.6 is 0 Å². The van der Waals surface area contributed by atoms with Gasteiger partial charge >= 0.3 is 0 Å². The number of benzene rings is 2. The van der Waals surface area contributed by atoms with Crippen LogP contribution in [-0.4, -0.2) is 11.7 Å². The molecule has 0 aliphatic heterocycles. The standard InChI is InChI=1S/C15H15FO2/c1-2-9-18-15-6-4-3-5-13(15)12-8-7-11(17)10-14(12)16/h3-8,10,17H,2,9H2,1H3. The molecule has 2 nitrogen and oxygen atoms in total. The highest BCUT2D eigenvalue weighted by molar-refractivity contribution is 5.71. The zero-order valence-electron chi connectivity index (χ0n) is 10.2. The third-order valence-corrected chi connectivity index (χ3v) is 2.59. The van der Waals surface area contributed by atoms with E-state index in [0.29, 0.717) is 23.5 Å². The zero-order valence-corrected chi connectivity index (χ0v) is 10.2. The summed E-state index contributed by atoms with van der Waals surface area (Å²) >= 11 is 0. The number of rotatable bonds is 4. The molecule has 0 amide bonds. The lowest BCUT2D eigenvalue weighted by molar-refractivity contribution is 0.318. The first-order valence-electron chi connectivity index (χ1n) is 5.93. The summed E-state index contributed by atoms with van der Waals surface area (Å²) in [7, 11) is 0.